The Morgan fingerprint density at radius 3 is 2.77 bits per heavy atom. The zero-order chi connectivity index (χ0) is 21.4. The van der Waals surface area contributed by atoms with Crippen molar-refractivity contribution in [1.29, 1.82) is 0 Å². The van der Waals surface area contributed by atoms with E-state index in [9.17, 15) is 18.0 Å². The van der Waals surface area contributed by atoms with Gasteiger partial charge >= 0.3 is 0 Å². The zero-order valence-electron chi connectivity index (χ0n) is 17.4. The van der Waals surface area contributed by atoms with E-state index in [2.05, 4.69) is 39.8 Å². The van der Waals surface area contributed by atoms with E-state index in [0.717, 1.165) is 38.7 Å². The van der Waals surface area contributed by atoms with Crippen molar-refractivity contribution in [1.82, 2.24) is 19.8 Å². The first-order chi connectivity index (χ1) is 14.3. The van der Waals surface area contributed by atoms with E-state index in [1.54, 1.807) is 0 Å². The molecule has 1 aromatic carbocycles. The van der Waals surface area contributed by atoms with Gasteiger partial charge in [0.15, 0.2) is 0 Å². The molecule has 3 aliphatic rings. The smallest absolute Gasteiger partial charge is 0.242 e. The molecule has 2 saturated heterocycles. The number of fused-ring (bicyclic) bond motifs is 1. The first-order valence-corrected chi connectivity index (χ1v) is 12.4. The third-order valence-electron chi connectivity index (χ3n) is 6.65. The number of carbonyl (C=O) groups excluding carboxylic acids is 2. The van der Waals surface area contributed by atoms with Crippen LogP contribution in [0.5, 0.6) is 0 Å². The Balaban J connectivity index is 1.21. The lowest BCUT2D eigenvalue weighted by atomic mass is 9.84. The number of benzene rings is 1. The second-order valence-corrected chi connectivity index (χ2v) is 10.8. The maximum Gasteiger partial charge on any atom is 0.242 e. The van der Waals surface area contributed by atoms with Crippen molar-refractivity contribution in [3.8, 4) is 0 Å². The summed E-state index contributed by atoms with van der Waals surface area (Å²) in [6, 6.07) is 7.94. The molecule has 30 heavy (non-hydrogen) atoms. The Morgan fingerprint density at radius 2 is 2.03 bits per heavy atom. The third kappa shape index (κ3) is 4.38. The van der Waals surface area contributed by atoms with E-state index < -0.39 is 21.5 Å². The molecule has 3 heterocycles. The van der Waals surface area contributed by atoms with Crippen molar-refractivity contribution in [2.45, 2.75) is 38.3 Å². The molecule has 1 spiro atoms. The molecule has 3 aliphatic heterocycles. The highest BCUT2D eigenvalue weighted by atomic mass is 32.2. The standard InChI is InChI=1S/C21H30N4O4S/c1-30(28,29)25-12-8-21(15-25)13-18(23-20(21)27)19(26)22-9-4-10-24-11-7-16-5-2-3-6-17(16)14-24/h2-3,5-6,18H,4,7-15H2,1H3,(H,22,26)(H,23,27)/t18-,21-/m0/s1. The molecule has 2 fully saturated rings. The van der Waals surface area contributed by atoms with E-state index >= 15 is 0 Å². The van der Waals surface area contributed by atoms with Gasteiger partial charge in [0.2, 0.25) is 21.8 Å². The monoisotopic (exact) mass is 434 g/mol. The highest BCUT2D eigenvalue weighted by Crippen LogP contribution is 2.40. The summed E-state index contributed by atoms with van der Waals surface area (Å²) in [6.07, 6.45) is 3.88. The van der Waals surface area contributed by atoms with Crippen LogP contribution in [0.25, 0.3) is 0 Å². The van der Waals surface area contributed by atoms with Crippen molar-refractivity contribution < 1.29 is 18.0 Å². The van der Waals surface area contributed by atoms with Gasteiger partial charge in [-0.15, -0.1) is 0 Å². The molecular weight excluding hydrogens is 404 g/mol. The van der Waals surface area contributed by atoms with Gasteiger partial charge in [0, 0.05) is 39.3 Å². The van der Waals surface area contributed by atoms with Gasteiger partial charge in [-0.25, -0.2) is 12.7 Å². The molecule has 0 bridgehead atoms. The molecule has 0 saturated carbocycles. The minimum Gasteiger partial charge on any atom is -0.354 e. The Labute approximate surface area is 178 Å². The first kappa shape index (κ1) is 21.3. The second-order valence-electron chi connectivity index (χ2n) is 8.80. The lowest BCUT2D eigenvalue weighted by Crippen LogP contribution is -2.42. The number of nitrogens with zero attached hydrogens (tertiary/aromatic N) is 2. The summed E-state index contributed by atoms with van der Waals surface area (Å²) in [6.45, 7) is 3.95. The SMILES string of the molecule is CS(=O)(=O)N1CC[C@]2(C[C@@H](C(=O)NCCCN3CCc4ccccc4C3)NC2=O)C1. The van der Waals surface area contributed by atoms with Crippen LogP contribution in [0.1, 0.15) is 30.4 Å². The first-order valence-electron chi connectivity index (χ1n) is 10.6. The minimum absolute atomic E-state index is 0.165. The molecule has 9 heteroatoms. The van der Waals surface area contributed by atoms with Crippen LogP contribution in [0.2, 0.25) is 0 Å². The highest BCUT2D eigenvalue weighted by molar-refractivity contribution is 7.88. The molecule has 4 rings (SSSR count). The fourth-order valence-electron chi connectivity index (χ4n) is 4.86. The normalized spacial score (nSPS) is 27.2. The molecule has 2 amide bonds. The summed E-state index contributed by atoms with van der Waals surface area (Å²) in [5.74, 6) is -0.386. The van der Waals surface area contributed by atoms with Crippen LogP contribution in [-0.2, 0) is 32.6 Å². The van der Waals surface area contributed by atoms with Crippen LogP contribution in [0.4, 0.5) is 0 Å². The highest BCUT2D eigenvalue weighted by Gasteiger charge is 2.53. The summed E-state index contributed by atoms with van der Waals surface area (Å²) in [5, 5.41) is 5.72. The average molecular weight is 435 g/mol. The van der Waals surface area contributed by atoms with Crippen molar-refractivity contribution in [3.63, 3.8) is 0 Å². The van der Waals surface area contributed by atoms with E-state index in [0.29, 0.717) is 25.9 Å². The van der Waals surface area contributed by atoms with Gasteiger partial charge in [-0.2, -0.15) is 0 Å². The molecule has 0 unspecified atom stereocenters. The van der Waals surface area contributed by atoms with Crippen LogP contribution < -0.4 is 10.6 Å². The maximum atomic E-state index is 12.6. The third-order valence-corrected chi connectivity index (χ3v) is 7.90. The molecule has 164 valence electrons. The molecule has 0 aromatic heterocycles. The topological polar surface area (TPSA) is 98.8 Å². The fourth-order valence-corrected chi connectivity index (χ4v) is 5.76. The van der Waals surface area contributed by atoms with Gasteiger partial charge in [0.05, 0.1) is 11.7 Å². The Bertz CT molecular complexity index is 935. The van der Waals surface area contributed by atoms with Crippen LogP contribution in [-0.4, -0.2) is 74.5 Å². The average Bonchev–Trinajstić information content (AvgIpc) is 3.29. The predicted octanol–water partition coefficient (Wildman–Crippen LogP) is 0.0912. The molecule has 2 atom stereocenters. The van der Waals surface area contributed by atoms with Gasteiger partial charge in [-0.1, -0.05) is 24.3 Å². The summed E-state index contributed by atoms with van der Waals surface area (Å²) in [4.78, 5) is 27.5. The predicted molar refractivity (Wildman–Crippen MR) is 113 cm³/mol. The van der Waals surface area contributed by atoms with E-state index in [4.69, 9.17) is 0 Å². The van der Waals surface area contributed by atoms with Crippen LogP contribution in [0.15, 0.2) is 24.3 Å². The second kappa shape index (κ2) is 8.28. The zero-order valence-corrected chi connectivity index (χ0v) is 18.2. The van der Waals surface area contributed by atoms with Crippen LogP contribution in [0.3, 0.4) is 0 Å². The Morgan fingerprint density at radius 1 is 1.27 bits per heavy atom. The molecule has 0 aliphatic carbocycles. The Kier molecular flexibility index (Phi) is 5.87. The summed E-state index contributed by atoms with van der Waals surface area (Å²) >= 11 is 0. The van der Waals surface area contributed by atoms with Gasteiger partial charge in [-0.3, -0.25) is 14.5 Å². The minimum atomic E-state index is -3.33. The van der Waals surface area contributed by atoms with Gasteiger partial charge in [0.1, 0.15) is 6.04 Å². The van der Waals surface area contributed by atoms with E-state index in [1.807, 2.05) is 0 Å². The number of carbonyl (C=O) groups is 2. The summed E-state index contributed by atoms with van der Waals surface area (Å²) in [7, 11) is -3.33. The molecular formula is C21H30N4O4S. The van der Waals surface area contributed by atoms with Crippen LogP contribution in [0, 0.1) is 5.41 Å². The number of rotatable bonds is 6. The summed E-state index contributed by atoms with van der Waals surface area (Å²) in [5.41, 5.74) is 2.03. The molecule has 2 N–H and O–H groups in total. The van der Waals surface area contributed by atoms with Crippen molar-refractivity contribution >= 4 is 21.8 Å². The number of hydrogen-bond donors (Lipinski definition) is 2. The van der Waals surface area contributed by atoms with Crippen molar-refractivity contribution in [3.05, 3.63) is 35.4 Å². The summed E-state index contributed by atoms with van der Waals surface area (Å²) < 4.78 is 24.9. The van der Waals surface area contributed by atoms with Crippen LogP contribution >= 0.6 is 0 Å². The fraction of sp³-hybridized carbons (Fsp3) is 0.619. The van der Waals surface area contributed by atoms with E-state index in [-0.39, 0.29) is 18.4 Å². The van der Waals surface area contributed by atoms with Gasteiger partial charge in [-0.05, 0) is 36.8 Å². The molecule has 1 aromatic rings. The number of nitrogens with one attached hydrogen (secondary N) is 2. The van der Waals surface area contributed by atoms with Gasteiger partial charge in [0.25, 0.3) is 0 Å². The number of sulfonamides is 1. The van der Waals surface area contributed by atoms with E-state index in [1.165, 1.54) is 15.4 Å². The number of amides is 2. The Hall–Kier alpha value is -1.97. The van der Waals surface area contributed by atoms with Crippen molar-refractivity contribution in [2.24, 2.45) is 5.41 Å². The molecule has 8 nitrogen and oxygen atoms in total. The number of hydrogen-bond acceptors (Lipinski definition) is 5. The lowest BCUT2D eigenvalue weighted by Gasteiger charge is -2.28. The maximum absolute atomic E-state index is 12.6. The van der Waals surface area contributed by atoms with Crippen molar-refractivity contribution in [2.75, 3.05) is 39.0 Å². The quantitative estimate of drug-likeness (QED) is 0.619. The largest absolute Gasteiger partial charge is 0.354 e. The molecule has 0 radical (unpaired) electrons. The lowest BCUT2D eigenvalue weighted by molar-refractivity contribution is -0.128. The van der Waals surface area contributed by atoms with Gasteiger partial charge < -0.3 is 10.6 Å².